The van der Waals surface area contributed by atoms with Crippen molar-refractivity contribution in [3.05, 3.63) is 0 Å². The van der Waals surface area contributed by atoms with Crippen LogP contribution in [0.4, 0.5) is 0 Å². The fourth-order valence-corrected chi connectivity index (χ4v) is 1.11. The van der Waals surface area contributed by atoms with Crippen molar-refractivity contribution in [3.63, 3.8) is 0 Å². The highest BCUT2D eigenvalue weighted by atomic mass is 16.5. The standard InChI is InChI=1S/C8H14N2O4/c1-3-13-7-5(11)10-8(14-4-2)6(12)9-7/h7-8H,3-4H2,1-2H3,(H,9,12)(H,10,11)/t7-,8-/m1/s1. The van der Waals surface area contributed by atoms with E-state index in [0.29, 0.717) is 13.2 Å². The Balaban J connectivity index is 2.53. The number of rotatable bonds is 4. The Morgan fingerprint density at radius 2 is 1.36 bits per heavy atom. The van der Waals surface area contributed by atoms with E-state index in [1.54, 1.807) is 13.8 Å². The van der Waals surface area contributed by atoms with E-state index in [0.717, 1.165) is 0 Å². The Labute approximate surface area is 81.9 Å². The lowest BCUT2D eigenvalue weighted by Gasteiger charge is -2.28. The summed E-state index contributed by atoms with van der Waals surface area (Å²) in [6, 6.07) is 0. The van der Waals surface area contributed by atoms with Crippen LogP contribution in [0.5, 0.6) is 0 Å². The second kappa shape index (κ2) is 4.92. The lowest BCUT2D eigenvalue weighted by Crippen LogP contribution is -2.63. The summed E-state index contributed by atoms with van der Waals surface area (Å²) in [5, 5.41) is 4.81. The number of hydrogen-bond acceptors (Lipinski definition) is 4. The van der Waals surface area contributed by atoms with Gasteiger partial charge in [0.15, 0.2) is 0 Å². The predicted molar refractivity (Wildman–Crippen MR) is 47.1 cm³/mol. The van der Waals surface area contributed by atoms with Gasteiger partial charge in [0.25, 0.3) is 11.8 Å². The van der Waals surface area contributed by atoms with Crippen molar-refractivity contribution < 1.29 is 19.1 Å². The number of carbonyl (C=O) groups excluding carboxylic acids is 2. The van der Waals surface area contributed by atoms with E-state index in [4.69, 9.17) is 9.47 Å². The molecule has 2 atom stereocenters. The van der Waals surface area contributed by atoms with Gasteiger partial charge in [-0.15, -0.1) is 0 Å². The minimum atomic E-state index is -0.899. The molecule has 0 bridgehead atoms. The van der Waals surface area contributed by atoms with Crippen molar-refractivity contribution in [3.8, 4) is 0 Å². The largest absolute Gasteiger partial charge is 0.350 e. The Kier molecular flexibility index (Phi) is 3.84. The molecule has 1 aliphatic rings. The molecule has 0 radical (unpaired) electrons. The van der Waals surface area contributed by atoms with Crippen LogP contribution in [0.25, 0.3) is 0 Å². The first-order valence-corrected chi connectivity index (χ1v) is 4.53. The molecule has 0 aliphatic carbocycles. The van der Waals surface area contributed by atoms with Crippen LogP contribution in [0, 0.1) is 0 Å². The minimum Gasteiger partial charge on any atom is -0.350 e. The van der Waals surface area contributed by atoms with E-state index in [1.165, 1.54) is 0 Å². The van der Waals surface area contributed by atoms with Gasteiger partial charge in [0, 0.05) is 13.2 Å². The fourth-order valence-electron chi connectivity index (χ4n) is 1.11. The lowest BCUT2D eigenvalue weighted by atomic mass is 10.3. The molecule has 1 heterocycles. The second-order valence-corrected chi connectivity index (χ2v) is 2.69. The molecule has 1 saturated heterocycles. The summed E-state index contributed by atoms with van der Waals surface area (Å²) in [5.41, 5.74) is 0. The molecule has 2 amide bonds. The van der Waals surface area contributed by atoms with Crippen molar-refractivity contribution in [2.24, 2.45) is 0 Å². The Bertz CT molecular complexity index is 207. The molecule has 0 aromatic carbocycles. The smallest absolute Gasteiger partial charge is 0.272 e. The number of carbonyl (C=O) groups is 2. The van der Waals surface area contributed by atoms with Crippen LogP contribution in [-0.4, -0.2) is 37.5 Å². The highest BCUT2D eigenvalue weighted by Gasteiger charge is 2.34. The third-order valence-electron chi connectivity index (χ3n) is 1.69. The monoisotopic (exact) mass is 202 g/mol. The maximum absolute atomic E-state index is 11.3. The number of ether oxygens (including phenoxy) is 2. The van der Waals surface area contributed by atoms with Crippen LogP contribution in [0.15, 0.2) is 0 Å². The zero-order valence-electron chi connectivity index (χ0n) is 8.20. The highest BCUT2D eigenvalue weighted by Crippen LogP contribution is 2.00. The number of hydrogen-bond donors (Lipinski definition) is 2. The molecule has 0 saturated carbocycles. The van der Waals surface area contributed by atoms with Crippen molar-refractivity contribution in [2.75, 3.05) is 13.2 Å². The quantitative estimate of drug-likeness (QED) is 0.610. The van der Waals surface area contributed by atoms with Gasteiger partial charge in [0.2, 0.25) is 12.5 Å². The molecular formula is C8H14N2O4. The molecule has 0 unspecified atom stereocenters. The number of nitrogens with one attached hydrogen (secondary N) is 2. The van der Waals surface area contributed by atoms with E-state index in [2.05, 4.69) is 10.6 Å². The van der Waals surface area contributed by atoms with Gasteiger partial charge in [-0.05, 0) is 13.8 Å². The van der Waals surface area contributed by atoms with Gasteiger partial charge in [-0.3, -0.25) is 9.59 Å². The van der Waals surface area contributed by atoms with Gasteiger partial charge >= 0.3 is 0 Å². The van der Waals surface area contributed by atoms with E-state index in [9.17, 15) is 9.59 Å². The summed E-state index contributed by atoms with van der Waals surface area (Å²) in [4.78, 5) is 22.6. The van der Waals surface area contributed by atoms with Crippen molar-refractivity contribution in [1.29, 1.82) is 0 Å². The topological polar surface area (TPSA) is 76.7 Å². The third kappa shape index (κ3) is 2.43. The van der Waals surface area contributed by atoms with Gasteiger partial charge in [0.05, 0.1) is 0 Å². The Hall–Kier alpha value is -1.14. The van der Waals surface area contributed by atoms with Crippen LogP contribution < -0.4 is 10.6 Å². The molecule has 1 fully saturated rings. The molecule has 0 aromatic heterocycles. The van der Waals surface area contributed by atoms with Crippen LogP contribution >= 0.6 is 0 Å². The first kappa shape index (κ1) is 10.9. The molecule has 0 aromatic rings. The zero-order chi connectivity index (χ0) is 10.6. The van der Waals surface area contributed by atoms with E-state index < -0.39 is 12.5 Å². The van der Waals surface area contributed by atoms with E-state index >= 15 is 0 Å². The Morgan fingerprint density at radius 3 is 1.64 bits per heavy atom. The first-order valence-electron chi connectivity index (χ1n) is 4.53. The molecule has 6 heteroatoms. The molecular weight excluding hydrogens is 188 g/mol. The van der Waals surface area contributed by atoms with E-state index in [1.807, 2.05) is 0 Å². The first-order chi connectivity index (χ1) is 6.69. The minimum absolute atomic E-state index is 0.359. The maximum atomic E-state index is 11.3. The van der Waals surface area contributed by atoms with Crippen LogP contribution in [0.1, 0.15) is 13.8 Å². The van der Waals surface area contributed by atoms with Crippen molar-refractivity contribution in [2.45, 2.75) is 26.3 Å². The number of piperazine rings is 1. The van der Waals surface area contributed by atoms with Crippen molar-refractivity contribution in [1.82, 2.24) is 10.6 Å². The molecule has 1 rings (SSSR count). The van der Waals surface area contributed by atoms with Crippen molar-refractivity contribution >= 4 is 11.8 Å². The van der Waals surface area contributed by atoms with Gasteiger partial charge in [-0.1, -0.05) is 0 Å². The molecule has 0 spiro atoms. The average Bonchev–Trinajstić information content (AvgIpc) is 2.14. The summed E-state index contributed by atoms with van der Waals surface area (Å²) < 4.78 is 9.98. The van der Waals surface area contributed by atoms with Crippen LogP contribution in [0.2, 0.25) is 0 Å². The summed E-state index contributed by atoms with van der Waals surface area (Å²) >= 11 is 0. The summed E-state index contributed by atoms with van der Waals surface area (Å²) in [6.07, 6.45) is -1.80. The molecule has 6 nitrogen and oxygen atoms in total. The molecule has 2 N–H and O–H groups in total. The lowest BCUT2D eigenvalue weighted by molar-refractivity contribution is -0.159. The van der Waals surface area contributed by atoms with Gasteiger partial charge in [-0.2, -0.15) is 0 Å². The fraction of sp³-hybridized carbons (Fsp3) is 0.750. The SMILES string of the molecule is CCO[C@H]1NC(=O)[C@@H](OCC)NC1=O. The van der Waals surface area contributed by atoms with Gasteiger partial charge in [0.1, 0.15) is 0 Å². The van der Waals surface area contributed by atoms with Crippen LogP contribution in [0.3, 0.4) is 0 Å². The molecule has 1 aliphatic heterocycles. The summed E-state index contributed by atoms with van der Waals surface area (Å²) in [7, 11) is 0. The average molecular weight is 202 g/mol. The third-order valence-corrected chi connectivity index (χ3v) is 1.69. The Morgan fingerprint density at radius 1 is 1.00 bits per heavy atom. The van der Waals surface area contributed by atoms with Gasteiger partial charge in [-0.25, -0.2) is 0 Å². The summed E-state index contributed by atoms with van der Waals surface area (Å²) in [5.74, 6) is -0.769. The normalized spacial score (nSPS) is 27.0. The predicted octanol–water partition coefficient (Wildman–Crippen LogP) is -1.04. The number of amides is 2. The second-order valence-electron chi connectivity index (χ2n) is 2.69. The molecule has 14 heavy (non-hydrogen) atoms. The summed E-state index contributed by atoms with van der Waals surface area (Å²) in [6.45, 7) is 4.21. The molecule has 80 valence electrons. The van der Waals surface area contributed by atoms with Crippen LogP contribution in [-0.2, 0) is 19.1 Å². The van der Waals surface area contributed by atoms with Gasteiger partial charge < -0.3 is 20.1 Å². The maximum Gasteiger partial charge on any atom is 0.272 e. The van der Waals surface area contributed by atoms with E-state index in [-0.39, 0.29) is 11.8 Å². The zero-order valence-corrected chi connectivity index (χ0v) is 8.20. The highest BCUT2D eigenvalue weighted by molar-refractivity contribution is 5.95.